The van der Waals surface area contributed by atoms with Gasteiger partial charge in [0.1, 0.15) is 5.82 Å². The fourth-order valence-corrected chi connectivity index (χ4v) is 3.00. The van der Waals surface area contributed by atoms with Gasteiger partial charge in [0.15, 0.2) is 0 Å². The largest absolute Gasteiger partial charge is 0.356 e. The number of nitrogens with zero attached hydrogens (tertiary/aromatic N) is 2. The summed E-state index contributed by atoms with van der Waals surface area (Å²) in [7, 11) is 0. The van der Waals surface area contributed by atoms with Crippen LogP contribution in [0.1, 0.15) is 50.8 Å². The third-order valence-electron chi connectivity index (χ3n) is 4.65. The molecule has 3 heteroatoms. The highest BCUT2D eigenvalue weighted by atomic mass is 15.2. The number of nitrogens with one attached hydrogen (secondary N) is 1. The predicted molar refractivity (Wildman–Crippen MR) is 84.1 cm³/mol. The highest BCUT2D eigenvalue weighted by Gasteiger charge is 2.23. The Morgan fingerprint density at radius 3 is 2.75 bits per heavy atom. The topological polar surface area (TPSA) is 28.2 Å². The van der Waals surface area contributed by atoms with E-state index >= 15 is 0 Å². The summed E-state index contributed by atoms with van der Waals surface area (Å²) in [6.45, 7) is 7.86. The van der Waals surface area contributed by atoms with Gasteiger partial charge in [0.25, 0.3) is 0 Å². The van der Waals surface area contributed by atoms with Crippen LogP contribution in [0, 0.1) is 5.92 Å². The van der Waals surface area contributed by atoms with Crippen molar-refractivity contribution in [1.82, 2.24) is 10.3 Å². The van der Waals surface area contributed by atoms with E-state index in [9.17, 15) is 0 Å². The summed E-state index contributed by atoms with van der Waals surface area (Å²) in [5, 5.41) is 3.62. The van der Waals surface area contributed by atoms with E-state index < -0.39 is 0 Å². The Bertz CT molecular complexity index is 454. The fourth-order valence-electron chi connectivity index (χ4n) is 3.00. The Hall–Kier alpha value is -1.09. The maximum atomic E-state index is 4.84. The molecule has 1 aliphatic carbocycles. The molecule has 3 rings (SSSR count). The van der Waals surface area contributed by atoms with Gasteiger partial charge in [-0.1, -0.05) is 20.3 Å². The van der Waals surface area contributed by atoms with Gasteiger partial charge in [-0.15, -0.1) is 0 Å². The van der Waals surface area contributed by atoms with Crippen LogP contribution in [0.5, 0.6) is 0 Å². The first-order valence-corrected chi connectivity index (χ1v) is 8.26. The minimum Gasteiger partial charge on any atom is -0.356 e. The molecule has 1 aromatic rings. The summed E-state index contributed by atoms with van der Waals surface area (Å²) in [5.74, 6) is 2.06. The van der Waals surface area contributed by atoms with Crippen LogP contribution < -0.4 is 10.2 Å². The normalized spacial score (nSPS) is 22.5. The van der Waals surface area contributed by atoms with Crippen molar-refractivity contribution >= 4 is 5.82 Å². The minimum absolute atomic E-state index is 0.771. The molecule has 1 saturated heterocycles. The SMILES string of the molecule is CCc1cc(CNC2CC2)cc(N2CCC(CC)C2)n1. The zero-order valence-electron chi connectivity index (χ0n) is 12.9. The number of aromatic nitrogens is 1. The van der Waals surface area contributed by atoms with Gasteiger partial charge in [0.2, 0.25) is 0 Å². The molecule has 2 heterocycles. The van der Waals surface area contributed by atoms with Crippen LogP contribution in [0.25, 0.3) is 0 Å². The zero-order valence-corrected chi connectivity index (χ0v) is 12.9. The lowest BCUT2D eigenvalue weighted by Crippen LogP contribution is -2.22. The van der Waals surface area contributed by atoms with Crippen LogP contribution in [0.2, 0.25) is 0 Å². The lowest BCUT2D eigenvalue weighted by Gasteiger charge is -2.19. The molecule has 0 spiro atoms. The van der Waals surface area contributed by atoms with Gasteiger partial charge in [-0.05, 0) is 49.3 Å². The molecule has 0 bridgehead atoms. The third kappa shape index (κ3) is 3.32. The van der Waals surface area contributed by atoms with Crippen molar-refractivity contribution in [2.75, 3.05) is 18.0 Å². The van der Waals surface area contributed by atoms with Gasteiger partial charge in [-0.25, -0.2) is 4.98 Å². The molecular formula is C17H27N3. The minimum atomic E-state index is 0.771. The first-order valence-electron chi connectivity index (χ1n) is 8.26. The van der Waals surface area contributed by atoms with Crippen molar-refractivity contribution in [3.63, 3.8) is 0 Å². The molecule has 1 N–H and O–H groups in total. The summed E-state index contributed by atoms with van der Waals surface area (Å²) in [6.07, 6.45) is 6.34. The number of aryl methyl sites for hydroxylation is 1. The molecule has 20 heavy (non-hydrogen) atoms. The number of pyridine rings is 1. The molecule has 1 aliphatic heterocycles. The summed E-state index contributed by atoms with van der Waals surface area (Å²) in [6, 6.07) is 5.34. The Kier molecular flexibility index (Phi) is 4.25. The average molecular weight is 273 g/mol. The van der Waals surface area contributed by atoms with Gasteiger partial charge in [0, 0.05) is 31.4 Å². The second-order valence-corrected chi connectivity index (χ2v) is 6.34. The second kappa shape index (κ2) is 6.13. The Labute approximate surface area is 122 Å². The van der Waals surface area contributed by atoms with E-state index in [1.54, 1.807) is 0 Å². The molecule has 0 aromatic carbocycles. The van der Waals surface area contributed by atoms with Gasteiger partial charge in [-0.2, -0.15) is 0 Å². The van der Waals surface area contributed by atoms with Crippen molar-refractivity contribution < 1.29 is 0 Å². The van der Waals surface area contributed by atoms with E-state index in [0.29, 0.717) is 0 Å². The van der Waals surface area contributed by atoms with E-state index in [2.05, 4.69) is 36.2 Å². The van der Waals surface area contributed by atoms with Gasteiger partial charge in [-0.3, -0.25) is 0 Å². The number of hydrogen-bond acceptors (Lipinski definition) is 3. The molecule has 0 radical (unpaired) electrons. The van der Waals surface area contributed by atoms with Crippen LogP contribution in [-0.4, -0.2) is 24.1 Å². The van der Waals surface area contributed by atoms with E-state index in [1.165, 1.54) is 55.8 Å². The molecule has 3 nitrogen and oxygen atoms in total. The molecular weight excluding hydrogens is 246 g/mol. The maximum Gasteiger partial charge on any atom is 0.129 e. The highest BCUT2D eigenvalue weighted by molar-refractivity contribution is 5.44. The van der Waals surface area contributed by atoms with E-state index in [-0.39, 0.29) is 0 Å². The van der Waals surface area contributed by atoms with E-state index in [1.807, 2.05) is 0 Å². The summed E-state index contributed by atoms with van der Waals surface area (Å²) in [4.78, 5) is 7.32. The van der Waals surface area contributed by atoms with Gasteiger partial charge < -0.3 is 10.2 Å². The molecule has 1 aromatic heterocycles. The van der Waals surface area contributed by atoms with Crippen LogP contribution >= 0.6 is 0 Å². The van der Waals surface area contributed by atoms with Crippen molar-refractivity contribution in [3.05, 3.63) is 23.4 Å². The summed E-state index contributed by atoms with van der Waals surface area (Å²) >= 11 is 0. The Balaban J connectivity index is 1.73. The van der Waals surface area contributed by atoms with Crippen LogP contribution in [-0.2, 0) is 13.0 Å². The molecule has 1 saturated carbocycles. The predicted octanol–water partition coefficient (Wildman–Crippen LogP) is 3.13. The third-order valence-corrected chi connectivity index (χ3v) is 4.65. The molecule has 2 fully saturated rings. The van der Waals surface area contributed by atoms with Crippen LogP contribution in [0.4, 0.5) is 5.82 Å². The van der Waals surface area contributed by atoms with Crippen molar-refractivity contribution in [3.8, 4) is 0 Å². The lowest BCUT2D eigenvalue weighted by atomic mass is 10.1. The first kappa shape index (κ1) is 13.9. The Morgan fingerprint density at radius 2 is 2.10 bits per heavy atom. The van der Waals surface area contributed by atoms with Gasteiger partial charge >= 0.3 is 0 Å². The lowest BCUT2D eigenvalue weighted by molar-refractivity contribution is 0.568. The molecule has 0 amide bonds. The molecule has 1 atom stereocenters. The second-order valence-electron chi connectivity index (χ2n) is 6.34. The van der Waals surface area contributed by atoms with Crippen LogP contribution in [0.15, 0.2) is 12.1 Å². The highest BCUT2D eigenvalue weighted by Crippen LogP contribution is 2.26. The van der Waals surface area contributed by atoms with Crippen molar-refractivity contribution in [2.24, 2.45) is 5.92 Å². The first-order chi connectivity index (χ1) is 9.78. The summed E-state index contributed by atoms with van der Waals surface area (Å²) in [5.41, 5.74) is 2.63. The average Bonchev–Trinajstić information content (AvgIpc) is 3.19. The fraction of sp³-hybridized carbons (Fsp3) is 0.706. The quantitative estimate of drug-likeness (QED) is 0.863. The number of hydrogen-bond donors (Lipinski definition) is 1. The standard InChI is InChI=1S/C17H27N3/c1-3-13-7-8-20(12-13)17-10-14(9-15(4-2)19-17)11-18-16-5-6-16/h9-10,13,16,18H,3-8,11-12H2,1-2H3. The zero-order chi connectivity index (χ0) is 13.9. The monoisotopic (exact) mass is 273 g/mol. The summed E-state index contributed by atoms with van der Waals surface area (Å²) < 4.78 is 0. The smallest absolute Gasteiger partial charge is 0.129 e. The Morgan fingerprint density at radius 1 is 1.25 bits per heavy atom. The molecule has 1 unspecified atom stereocenters. The number of anilines is 1. The van der Waals surface area contributed by atoms with E-state index in [4.69, 9.17) is 4.98 Å². The van der Waals surface area contributed by atoms with E-state index in [0.717, 1.165) is 24.9 Å². The number of rotatable bonds is 6. The molecule has 2 aliphatic rings. The molecule has 110 valence electrons. The van der Waals surface area contributed by atoms with Crippen LogP contribution in [0.3, 0.4) is 0 Å². The van der Waals surface area contributed by atoms with Crippen molar-refractivity contribution in [1.29, 1.82) is 0 Å². The van der Waals surface area contributed by atoms with Crippen molar-refractivity contribution in [2.45, 2.75) is 58.5 Å². The maximum absolute atomic E-state index is 4.84. The van der Waals surface area contributed by atoms with Gasteiger partial charge in [0.05, 0.1) is 0 Å².